The van der Waals surface area contributed by atoms with Crippen LogP contribution in [0.3, 0.4) is 0 Å². The second-order valence-electron chi connectivity index (χ2n) is 3.30. The zero-order chi connectivity index (χ0) is 12.7. The predicted octanol–water partition coefficient (Wildman–Crippen LogP) is 1.34. The first-order valence-corrected chi connectivity index (χ1v) is 5.48. The van der Waals surface area contributed by atoms with Gasteiger partial charge in [0, 0.05) is 12.7 Å². The van der Waals surface area contributed by atoms with Crippen LogP contribution in [-0.2, 0) is 9.53 Å². The van der Waals surface area contributed by atoms with Crippen molar-refractivity contribution in [3.05, 3.63) is 24.0 Å². The highest BCUT2D eigenvalue weighted by Crippen LogP contribution is 2.16. The summed E-state index contributed by atoms with van der Waals surface area (Å²) in [4.78, 5) is 17.1. The molecule has 0 aliphatic carbocycles. The highest BCUT2D eigenvalue weighted by atomic mass is 16.5. The van der Waals surface area contributed by atoms with Gasteiger partial charge in [-0.15, -0.1) is 0 Å². The molecule has 1 rings (SSSR count). The summed E-state index contributed by atoms with van der Waals surface area (Å²) in [5, 5.41) is 8.94. The van der Waals surface area contributed by atoms with Crippen molar-refractivity contribution in [2.24, 2.45) is 0 Å². The van der Waals surface area contributed by atoms with Crippen molar-refractivity contribution in [1.29, 1.82) is 5.26 Å². The predicted molar refractivity (Wildman–Crippen MR) is 63.5 cm³/mol. The molecule has 0 fully saturated rings. The summed E-state index contributed by atoms with van der Waals surface area (Å²) in [6.45, 7) is 4.77. The molecule has 0 aromatic carbocycles. The molecule has 0 atom stereocenters. The van der Waals surface area contributed by atoms with Crippen LogP contribution in [-0.4, -0.2) is 30.6 Å². The van der Waals surface area contributed by atoms with Crippen LogP contribution in [0.2, 0.25) is 0 Å². The van der Waals surface area contributed by atoms with Gasteiger partial charge >= 0.3 is 5.97 Å². The minimum atomic E-state index is -0.304. The SMILES string of the molecule is CCOC(=O)CN(CC)c1cccnc1C#N. The Kier molecular flexibility index (Phi) is 4.95. The first-order valence-electron chi connectivity index (χ1n) is 5.48. The Bertz CT molecular complexity index is 426. The van der Waals surface area contributed by atoms with Crippen molar-refractivity contribution >= 4 is 11.7 Å². The van der Waals surface area contributed by atoms with E-state index in [9.17, 15) is 4.79 Å². The Balaban J connectivity index is 2.87. The quantitative estimate of drug-likeness (QED) is 0.718. The standard InChI is InChI=1S/C12H15N3O2/c1-3-15(9-12(16)17-4-2)11-6-5-7-14-10(11)8-13/h5-7H,3-4,9H2,1-2H3. The first-order chi connectivity index (χ1) is 8.22. The van der Waals surface area contributed by atoms with Gasteiger partial charge in [-0.1, -0.05) is 0 Å². The fraction of sp³-hybridized carbons (Fsp3) is 0.417. The summed E-state index contributed by atoms with van der Waals surface area (Å²) in [6.07, 6.45) is 1.56. The van der Waals surface area contributed by atoms with E-state index in [0.29, 0.717) is 24.5 Å². The molecule has 5 nitrogen and oxygen atoms in total. The maximum atomic E-state index is 11.4. The molecular formula is C12H15N3O2. The van der Waals surface area contributed by atoms with Gasteiger partial charge in [0.05, 0.1) is 12.3 Å². The number of ether oxygens (including phenoxy) is 1. The van der Waals surface area contributed by atoms with E-state index in [0.717, 1.165) is 0 Å². The number of anilines is 1. The van der Waals surface area contributed by atoms with Crippen molar-refractivity contribution in [1.82, 2.24) is 4.98 Å². The summed E-state index contributed by atoms with van der Waals surface area (Å²) in [5.74, 6) is -0.304. The molecule has 1 aromatic rings. The van der Waals surface area contributed by atoms with E-state index in [1.807, 2.05) is 13.0 Å². The lowest BCUT2D eigenvalue weighted by molar-refractivity contribution is -0.141. The fourth-order valence-corrected chi connectivity index (χ4v) is 1.47. The molecule has 0 radical (unpaired) electrons. The van der Waals surface area contributed by atoms with Gasteiger partial charge in [0.1, 0.15) is 12.6 Å². The molecule has 0 bridgehead atoms. The van der Waals surface area contributed by atoms with Gasteiger partial charge in [-0.3, -0.25) is 4.79 Å². The molecule has 90 valence electrons. The van der Waals surface area contributed by atoms with Crippen molar-refractivity contribution in [2.75, 3.05) is 24.6 Å². The number of nitriles is 1. The van der Waals surface area contributed by atoms with E-state index in [1.54, 1.807) is 30.2 Å². The summed E-state index contributed by atoms with van der Waals surface area (Å²) in [7, 11) is 0. The lowest BCUT2D eigenvalue weighted by Crippen LogP contribution is -2.31. The molecule has 0 unspecified atom stereocenters. The average Bonchev–Trinajstić information content (AvgIpc) is 2.36. The van der Waals surface area contributed by atoms with Crippen molar-refractivity contribution < 1.29 is 9.53 Å². The molecule has 0 saturated carbocycles. The summed E-state index contributed by atoms with van der Waals surface area (Å²) in [5.41, 5.74) is 0.976. The van der Waals surface area contributed by atoms with Gasteiger partial charge in [0.15, 0.2) is 5.69 Å². The summed E-state index contributed by atoms with van der Waals surface area (Å²) in [6, 6.07) is 5.52. The third-order valence-corrected chi connectivity index (χ3v) is 2.24. The third-order valence-electron chi connectivity index (χ3n) is 2.24. The normalized spacial score (nSPS) is 9.47. The van der Waals surface area contributed by atoms with Crippen molar-refractivity contribution in [2.45, 2.75) is 13.8 Å². The van der Waals surface area contributed by atoms with Crippen LogP contribution in [0.25, 0.3) is 0 Å². The van der Waals surface area contributed by atoms with Crippen LogP contribution in [0.5, 0.6) is 0 Å². The number of esters is 1. The second-order valence-corrected chi connectivity index (χ2v) is 3.30. The minimum absolute atomic E-state index is 0.130. The van der Waals surface area contributed by atoms with E-state index >= 15 is 0 Å². The fourth-order valence-electron chi connectivity index (χ4n) is 1.47. The number of rotatable bonds is 5. The van der Waals surface area contributed by atoms with E-state index in [1.165, 1.54) is 0 Å². The molecule has 1 aromatic heterocycles. The van der Waals surface area contributed by atoms with Gasteiger partial charge in [-0.2, -0.15) is 5.26 Å². The van der Waals surface area contributed by atoms with Crippen LogP contribution >= 0.6 is 0 Å². The maximum Gasteiger partial charge on any atom is 0.325 e. The van der Waals surface area contributed by atoms with Crippen molar-refractivity contribution in [3.8, 4) is 6.07 Å². The van der Waals surface area contributed by atoms with Gasteiger partial charge in [0.25, 0.3) is 0 Å². The van der Waals surface area contributed by atoms with Crippen LogP contribution < -0.4 is 4.90 Å². The highest BCUT2D eigenvalue weighted by Gasteiger charge is 2.14. The highest BCUT2D eigenvalue weighted by molar-refractivity contribution is 5.76. The number of carbonyl (C=O) groups is 1. The lowest BCUT2D eigenvalue weighted by Gasteiger charge is -2.22. The molecular weight excluding hydrogens is 218 g/mol. The van der Waals surface area contributed by atoms with Gasteiger partial charge in [-0.05, 0) is 26.0 Å². The largest absolute Gasteiger partial charge is 0.465 e. The Hall–Kier alpha value is -2.09. The smallest absolute Gasteiger partial charge is 0.325 e. The number of likely N-dealkylation sites (N-methyl/N-ethyl adjacent to an activating group) is 1. The molecule has 0 spiro atoms. The van der Waals surface area contributed by atoms with E-state index in [-0.39, 0.29) is 12.5 Å². The lowest BCUT2D eigenvalue weighted by atomic mass is 10.2. The van der Waals surface area contributed by atoms with Crippen molar-refractivity contribution in [3.63, 3.8) is 0 Å². The Morgan fingerprint density at radius 3 is 2.94 bits per heavy atom. The molecule has 0 N–H and O–H groups in total. The topological polar surface area (TPSA) is 66.2 Å². The zero-order valence-electron chi connectivity index (χ0n) is 10.0. The minimum Gasteiger partial charge on any atom is -0.465 e. The van der Waals surface area contributed by atoms with Crippen LogP contribution in [0.4, 0.5) is 5.69 Å². The Labute approximate surface area is 101 Å². The van der Waals surface area contributed by atoms with Crippen LogP contribution in [0.15, 0.2) is 18.3 Å². The molecule has 17 heavy (non-hydrogen) atoms. The van der Waals surface area contributed by atoms with Crippen LogP contribution in [0, 0.1) is 11.3 Å². The van der Waals surface area contributed by atoms with E-state index in [4.69, 9.17) is 10.00 Å². The second kappa shape index (κ2) is 6.48. The monoisotopic (exact) mass is 233 g/mol. The van der Waals surface area contributed by atoms with Gasteiger partial charge < -0.3 is 9.64 Å². The maximum absolute atomic E-state index is 11.4. The molecule has 5 heteroatoms. The number of aromatic nitrogens is 1. The van der Waals surface area contributed by atoms with E-state index in [2.05, 4.69) is 4.98 Å². The van der Waals surface area contributed by atoms with Gasteiger partial charge in [0.2, 0.25) is 0 Å². The Morgan fingerprint density at radius 2 is 2.35 bits per heavy atom. The third kappa shape index (κ3) is 3.45. The first kappa shape index (κ1) is 13.0. The Morgan fingerprint density at radius 1 is 1.59 bits per heavy atom. The number of nitrogens with zero attached hydrogens (tertiary/aromatic N) is 3. The number of hydrogen-bond acceptors (Lipinski definition) is 5. The number of carbonyl (C=O) groups excluding carboxylic acids is 1. The summed E-state index contributed by atoms with van der Waals surface area (Å²) >= 11 is 0. The van der Waals surface area contributed by atoms with E-state index < -0.39 is 0 Å². The molecule has 0 aliphatic heterocycles. The van der Waals surface area contributed by atoms with Gasteiger partial charge in [-0.25, -0.2) is 4.98 Å². The van der Waals surface area contributed by atoms with Crippen LogP contribution in [0.1, 0.15) is 19.5 Å². The molecule has 1 heterocycles. The molecule has 0 aliphatic rings. The molecule has 0 saturated heterocycles. The average molecular weight is 233 g/mol. The molecule has 0 amide bonds. The number of hydrogen-bond donors (Lipinski definition) is 0. The summed E-state index contributed by atoms with van der Waals surface area (Å²) < 4.78 is 4.89. The number of pyridine rings is 1. The zero-order valence-corrected chi connectivity index (χ0v) is 10.0.